The number of amides is 1. The molecule has 1 heterocycles. The average Bonchev–Trinajstić information content (AvgIpc) is 2.81. The molecule has 0 aromatic heterocycles. The number of rotatable bonds is 4. The van der Waals surface area contributed by atoms with E-state index < -0.39 is 40.7 Å². The van der Waals surface area contributed by atoms with E-state index >= 15 is 0 Å². The van der Waals surface area contributed by atoms with Gasteiger partial charge in [-0.15, -0.1) is 0 Å². The van der Waals surface area contributed by atoms with Gasteiger partial charge in [-0.1, -0.05) is 38.1 Å². The number of hydrogen-bond donors (Lipinski definition) is 1. The van der Waals surface area contributed by atoms with Crippen LogP contribution in [0.3, 0.4) is 0 Å². The molecule has 1 aliphatic rings. The highest BCUT2D eigenvalue weighted by molar-refractivity contribution is 7.80. The number of thiocarbonyl (C=S) groups is 1. The molecule has 176 valence electrons. The molecule has 2 aromatic rings. The number of benzene rings is 2. The van der Waals surface area contributed by atoms with Gasteiger partial charge in [-0.3, -0.25) is 10.1 Å². The van der Waals surface area contributed by atoms with E-state index in [0.29, 0.717) is 5.92 Å². The van der Waals surface area contributed by atoms with Gasteiger partial charge in [0.15, 0.2) is 28.4 Å². The fraction of sp³-hybridized carbons (Fsp3) is 0.304. The maximum Gasteiger partial charge on any atom is 0.250 e. The Morgan fingerprint density at radius 2 is 1.42 bits per heavy atom. The summed E-state index contributed by atoms with van der Waals surface area (Å²) in [5.41, 5.74) is 1.06. The van der Waals surface area contributed by atoms with Crippen molar-refractivity contribution in [3.63, 3.8) is 0 Å². The van der Waals surface area contributed by atoms with E-state index in [1.54, 1.807) is 11.0 Å². The summed E-state index contributed by atoms with van der Waals surface area (Å²) in [6.45, 7) is 4.32. The van der Waals surface area contributed by atoms with Crippen molar-refractivity contribution in [3.05, 3.63) is 70.6 Å². The summed E-state index contributed by atoms with van der Waals surface area (Å²) in [5, 5.41) is 2.66. The van der Waals surface area contributed by atoms with Crippen LogP contribution >= 0.6 is 12.2 Å². The van der Waals surface area contributed by atoms with Crippen LogP contribution in [0, 0.1) is 29.1 Å². The molecule has 1 saturated heterocycles. The van der Waals surface area contributed by atoms with Crippen molar-refractivity contribution in [1.82, 2.24) is 10.2 Å². The Kier molecular flexibility index (Phi) is 7.68. The molecule has 10 heteroatoms. The zero-order valence-electron chi connectivity index (χ0n) is 18.0. The van der Waals surface area contributed by atoms with Crippen molar-refractivity contribution >= 4 is 35.0 Å². The van der Waals surface area contributed by atoms with Gasteiger partial charge in [0.2, 0.25) is 11.7 Å². The third-order valence-electron chi connectivity index (χ3n) is 5.33. The average molecular weight is 484 g/mol. The Morgan fingerprint density at radius 1 is 0.909 bits per heavy atom. The lowest BCUT2D eigenvalue weighted by molar-refractivity contribution is -0.115. The number of halogens is 5. The van der Waals surface area contributed by atoms with Crippen LogP contribution in [0.2, 0.25) is 0 Å². The minimum atomic E-state index is -2.19. The highest BCUT2D eigenvalue weighted by Gasteiger charge is 2.31. The number of hydrogen-bond acceptors (Lipinski definition) is 3. The molecule has 2 aromatic carbocycles. The molecule has 1 aliphatic heterocycles. The van der Waals surface area contributed by atoms with Gasteiger partial charge < -0.3 is 9.80 Å². The molecule has 0 atom stereocenters. The van der Waals surface area contributed by atoms with Crippen LogP contribution < -0.4 is 10.2 Å². The second-order valence-electron chi connectivity index (χ2n) is 7.84. The molecule has 1 amide bonds. The molecule has 0 saturated carbocycles. The minimum absolute atomic E-state index is 0.0492. The topological polar surface area (TPSA) is 35.6 Å². The van der Waals surface area contributed by atoms with Crippen molar-refractivity contribution in [3.8, 4) is 0 Å². The van der Waals surface area contributed by atoms with E-state index in [2.05, 4.69) is 19.2 Å². The van der Waals surface area contributed by atoms with Crippen LogP contribution in [0.25, 0.3) is 6.08 Å². The first-order valence-electron chi connectivity index (χ1n) is 10.2. The quantitative estimate of drug-likeness (QED) is 0.224. The van der Waals surface area contributed by atoms with E-state index in [9.17, 15) is 26.7 Å². The van der Waals surface area contributed by atoms with Crippen LogP contribution in [0.1, 0.15) is 30.9 Å². The zero-order chi connectivity index (χ0) is 24.3. The molecule has 0 bridgehead atoms. The van der Waals surface area contributed by atoms with Gasteiger partial charge in [0.05, 0.1) is 0 Å². The lowest BCUT2D eigenvalue weighted by Crippen LogP contribution is -2.53. The summed E-state index contributed by atoms with van der Waals surface area (Å²) in [6, 6.07) is 7.76. The standard InChI is InChI=1S/C23H22F5N3OS/c1-13(2)15-6-3-14(4-7-15)5-8-16(32)29-23(33)31-11-9-30(10-12-31)22-20(27)18(25)17(24)19(26)21(22)28/h3-8,13H,9-12H2,1-2H3,(H,29,32,33)/b8-5+. The van der Waals surface area contributed by atoms with E-state index in [1.165, 1.54) is 11.6 Å². The predicted octanol–water partition coefficient (Wildman–Crippen LogP) is 4.74. The van der Waals surface area contributed by atoms with Gasteiger partial charge in [-0.25, -0.2) is 22.0 Å². The summed E-state index contributed by atoms with van der Waals surface area (Å²) in [5.74, 6) is -9.96. The predicted molar refractivity (Wildman–Crippen MR) is 120 cm³/mol. The van der Waals surface area contributed by atoms with Crippen LogP contribution in [-0.4, -0.2) is 42.1 Å². The maximum absolute atomic E-state index is 14.0. The highest BCUT2D eigenvalue weighted by Crippen LogP contribution is 2.30. The van der Waals surface area contributed by atoms with Crippen LogP contribution in [0.15, 0.2) is 30.3 Å². The Hall–Kier alpha value is -3.01. The van der Waals surface area contributed by atoms with Crippen molar-refractivity contribution in [1.29, 1.82) is 0 Å². The minimum Gasteiger partial charge on any atom is -0.363 e. The second kappa shape index (κ2) is 10.3. The van der Waals surface area contributed by atoms with Crippen molar-refractivity contribution in [2.75, 3.05) is 31.1 Å². The molecule has 3 rings (SSSR count). The molecule has 0 unspecified atom stereocenters. The number of carbonyl (C=O) groups is 1. The van der Waals surface area contributed by atoms with Gasteiger partial charge >= 0.3 is 0 Å². The molecule has 1 N–H and O–H groups in total. The summed E-state index contributed by atoms with van der Waals surface area (Å²) >= 11 is 5.22. The molecular weight excluding hydrogens is 461 g/mol. The maximum atomic E-state index is 14.0. The van der Waals surface area contributed by atoms with E-state index in [4.69, 9.17) is 12.2 Å². The Morgan fingerprint density at radius 3 is 1.94 bits per heavy atom. The van der Waals surface area contributed by atoms with Crippen LogP contribution in [0.4, 0.5) is 27.6 Å². The lowest BCUT2D eigenvalue weighted by atomic mass is 10.0. The monoisotopic (exact) mass is 483 g/mol. The number of nitrogens with zero attached hydrogens (tertiary/aromatic N) is 2. The van der Waals surface area contributed by atoms with Gasteiger partial charge in [0.25, 0.3) is 0 Å². The fourth-order valence-electron chi connectivity index (χ4n) is 3.39. The lowest BCUT2D eigenvalue weighted by Gasteiger charge is -2.37. The molecule has 1 fully saturated rings. The SMILES string of the molecule is CC(C)c1ccc(/C=C/C(=O)NC(=S)N2CCN(c3c(F)c(F)c(F)c(F)c3F)CC2)cc1. The van der Waals surface area contributed by atoms with Gasteiger partial charge in [-0.2, -0.15) is 0 Å². The van der Waals surface area contributed by atoms with E-state index in [-0.39, 0.29) is 31.3 Å². The second-order valence-corrected chi connectivity index (χ2v) is 8.23. The molecular formula is C23H22F5N3OS. The van der Waals surface area contributed by atoms with Crippen molar-refractivity contribution in [2.45, 2.75) is 19.8 Å². The van der Waals surface area contributed by atoms with E-state index in [1.807, 2.05) is 24.3 Å². The van der Waals surface area contributed by atoms with Crippen LogP contribution in [-0.2, 0) is 4.79 Å². The summed E-state index contributed by atoms with van der Waals surface area (Å²) in [7, 11) is 0. The summed E-state index contributed by atoms with van der Waals surface area (Å²) in [4.78, 5) is 14.8. The van der Waals surface area contributed by atoms with Crippen LogP contribution in [0.5, 0.6) is 0 Å². The largest absolute Gasteiger partial charge is 0.363 e. The Balaban J connectivity index is 1.57. The van der Waals surface area contributed by atoms with Gasteiger partial charge in [-0.05, 0) is 35.3 Å². The molecule has 0 spiro atoms. The number of nitrogens with one attached hydrogen (secondary N) is 1. The molecule has 33 heavy (non-hydrogen) atoms. The van der Waals surface area contributed by atoms with Crippen molar-refractivity contribution in [2.24, 2.45) is 0 Å². The normalized spacial score (nSPS) is 14.3. The smallest absolute Gasteiger partial charge is 0.250 e. The highest BCUT2D eigenvalue weighted by atomic mass is 32.1. The van der Waals surface area contributed by atoms with E-state index in [0.717, 1.165) is 10.5 Å². The number of carbonyl (C=O) groups excluding carboxylic acids is 1. The molecule has 0 radical (unpaired) electrons. The number of piperazine rings is 1. The third-order valence-corrected chi connectivity index (χ3v) is 5.69. The van der Waals surface area contributed by atoms with Gasteiger partial charge in [0, 0.05) is 32.3 Å². The molecule has 0 aliphatic carbocycles. The number of anilines is 1. The molecule has 4 nitrogen and oxygen atoms in total. The van der Waals surface area contributed by atoms with Gasteiger partial charge in [0.1, 0.15) is 5.69 Å². The summed E-state index contributed by atoms with van der Waals surface area (Å²) < 4.78 is 68.3. The first kappa shape index (κ1) is 24.6. The Bertz CT molecular complexity index is 1050. The first-order chi connectivity index (χ1) is 15.6. The fourth-order valence-corrected chi connectivity index (χ4v) is 3.68. The first-order valence-corrected chi connectivity index (χ1v) is 10.6. The summed E-state index contributed by atoms with van der Waals surface area (Å²) in [6.07, 6.45) is 2.98. The van der Waals surface area contributed by atoms with Crippen molar-refractivity contribution < 1.29 is 26.7 Å². The zero-order valence-corrected chi connectivity index (χ0v) is 18.8. The Labute approximate surface area is 193 Å². The third kappa shape index (κ3) is 5.50.